The summed E-state index contributed by atoms with van der Waals surface area (Å²) in [4.78, 5) is 18.9. The minimum Gasteiger partial charge on any atom is -0.477 e. The number of ether oxygens (including phenoxy) is 1. The van der Waals surface area contributed by atoms with E-state index in [1.54, 1.807) is 22.8 Å². The third kappa shape index (κ3) is 3.61. The fourth-order valence-electron chi connectivity index (χ4n) is 4.38. The van der Waals surface area contributed by atoms with Gasteiger partial charge in [-0.1, -0.05) is 23.4 Å². The number of furan rings is 1. The van der Waals surface area contributed by atoms with Gasteiger partial charge in [-0.05, 0) is 31.0 Å². The van der Waals surface area contributed by atoms with Gasteiger partial charge in [0.25, 0.3) is 5.91 Å². The Kier molecular flexibility index (Phi) is 4.79. The number of amides is 1. The maximum Gasteiger partial charge on any atom is 0.276 e. The molecule has 1 aliphatic heterocycles. The number of aromatic nitrogens is 4. The van der Waals surface area contributed by atoms with Crippen molar-refractivity contribution in [2.45, 2.75) is 25.3 Å². The molecule has 1 fully saturated rings. The molecule has 1 amide bonds. The van der Waals surface area contributed by atoms with Crippen molar-refractivity contribution in [1.29, 1.82) is 0 Å². The highest BCUT2D eigenvalue weighted by Gasteiger charge is 2.30. The summed E-state index contributed by atoms with van der Waals surface area (Å²) in [5, 5.41) is 9.40. The molecule has 1 unspecified atom stereocenters. The number of likely N-dealkylation sites (tertiary alicyclic amines) is 1. The third-order valence-electron chi connectivity index (χ3n) is 6.01. The molecule has 0 N–H and O–H groups in total. The Labute approximate surface area is 188 Å². The van der Waals surface area contributed by atoms with Crippen LogP contribution in [0.15, 0.2) is 69.9 Å². The standard InChI is InChI=1S/C24H21N5O4/c30-24(18-10-13-32-27-18)28-11-3-5-17(28)9-12-31-23-8-7-22-25-15-19(29(22)26-23)21-14-16-4-1-2-6-20(16)33-21/h1-2,4,6-8,10,13-15,17H,3,5,9,11-12H2. The molecular formula is C24H21N5O4. The van der Waals surface area contributed by atoms with E-state index in [1.165, 1.54) is 6.26 Å². The van der Waals surface area contributed by atoms with Gasteiger partial charge in [0.05, 0.1) is 12.8 Å². The second-order valence-electron chi connectivity index (χ2n) is 8.05. The Morgan fingerprint density at radius 3 is 3.00 bits per heavy atom. The van der Waals surface area contributed by atoms with Crippen molar-refractivity contribution in [3.63, 3.8) is 0 Å². The van der Waals surface area contributed by atoms with Gasteiger partial charge in [0, 0.05) is 36.5 Å². The van der Waals surface area contributed by atoms with Crippen molar-refractivity contribution in [1.82, 2.24) is 24.7 Å². The summed E-state index contributed by atoms with van der Waals surface area (Å²) in [5.74, 6) is 1.09. The molecule has 0 spiro atoms. The predicted molar refractivity (Wildman–Crippen MR) is 119 cm³/mol. The van der Waals surface area contributed by atoms with E-state index in [4.69, 9.17) is 13.7 Å². The predicted octanol–water partition coefficient (Wildman–Crippen LogP) is 4.20. The van der Waals surface area contributed by atoms with Gasteiger partial charge in [-0.3, -0.25) is 4.79 Å². The molecule has 6 rings (SSSR count). The van der Waals surface area contributed by atoms with E-state index in [-0.39, 0.29) is 11.9 Å². The summed E-state index contributed by atoms with van der Waals surface area (Å²) in [7, 11) is 0. The zero-order chi connectivity index (χ0) is 22.2. The monoisotopic (exact) mass is 443 g/mol. The number of hydrogen-bond acceptors (Lipinski definition) is 7. The first-order valence-corrected chi connectivity index (χ1v) is 10.9. The summed E-state index contributed by atoms with van der Waals surface area (Å²) < 4.78 is 18.5. The summed E-state index contributed by atoms with van der Waals surface area (Å²) in [6.45, 7) is 1.16. The van der Waals surface area contributed by atoms with E-state index >= 15 is 0 Å². The van der Waals surface area contributed by atoms with Crippen LogP contribution in [0.25, 0.3) is 28.1 Å². The minimum absolute atomic E-state index is 0.0975. The number of nitrogens with zero attached hydrogens (tertiary/aromatic N) is 5. The number of para-hydroxylation sites is 1. The highest BCUT2D eigenvalue weighted by molar-refractivity contribution is 5.92. The van der Waals surface area contributed by atoms with Gasteiger partial charge in [-0.25, -0.2) is 9.50 Å². The molecule has 1 atom stereocenters. The topological polar surface area (TPSA) is 98.9 Å². The lowest BCUT2D eigenvalue weighted by atomic mass is 10.1. The summed E-state index contributed by atoms with van der Waals surface area (Å²) in [5.41, 5.74) is 2.62. The largest absolute Gasteiger partial charge is 0.477 e. The number of rotatable bonds is 6. The molecule has 166 valence electrons. The Bertz CT molecular complexity index is 1390. The molecule has 0 radical (unpaired) electrons. The van der Waals surface area contributed by atoms with Crippen LogP contribution in [0.3, 0.4) is 0 Å². The van der Waals surface area contributed by atoms with E-state index < -0.39 is 0 Å². The van der Waals surface area contributed by atoms with Gasteiger partial charge in [0.15, 0.2) is 17.1 Å². The maximum absolute atomic E-state index is 12.6. The fourth-order valence-corrected chi connectivity index (χ4v) is 4.38. The van der Waals surface area contributed by atoms with Gasteiger partial charge < -0.3 is 18.6 Å². The molecule has 9 nitrogen and oxygen atoms in total. The molecule has 0 aliphatic carbocycles. The lowest BCUT2D eigenvalue weighted by Crippen LogP contribution is -2.36. The number of benzene rings is 1. The van der Waals surface area contributed by atoms with Crippen LogP contribution in [0.1, 0.15) is 29.8 Å². The fraction of sp³-hybridized carbons (Fsp3) is 0.250. The molecule has 9 heteroatoms. The van der Waals surface area contributed by atoms with Gasteiger partial charge in [-0.2, -0.15) is 0 Å². The molecular weight excluding hydrogens is 422 g/mol. The Morgan fingerprint density at radius 2 is 2.12 bits per heavy atom. The van der Waals surface area contributed by atoms with Gasteiger partial charge >= 0.3 is 0 Å². The smallest absolute Gasteiger partial charge is 0.276 e. The summed E-state index contributed by atoms with van der Waals surface area (Å²) >= 11 is 0. The second-order valence-corrected chi connectivity index (χ2v) is 8.05. The van der Waals surface area contributed by atoms with Crippen molar-refractivity contribution in [3.8, 4) is 17.3 Å². The molecule has 1 aliphatic rings. The molecule has 5 aromatic rings. The number of hydrogen-bond donors (Lipinski definition) is 0. The Morgan fingerprint density at radius 1 is 1.18 bits per heavy atom. The first-order chi connectivity index (χ1) is 16.3. The summed E-state index contributed by atoms with van der Waals surface area (Å²) in [6.07, 6.45) is 5.78. The SMILES string of the molecule is O=C(c1ccon1)N1CCCC1CCOc1ccc2ncc(-c3cc4ccccc4o3)n2n1. The lowest BCUT2D eigenvalue weighted by Gasteiger charge is -2.23. The van der Waals surface area contributed by atoms with Crippen molar-refractivity contribution in [3.05, 3.63) is 66.7 Å². The number of carbonyl (C=O) groups is 1. The van der Waals surface area contributed by atoms with E-state index in [9.17, 15) is 4.79 Å². The molecule has 1 saturated heterocycles. The number of imidazole rings is 1. The number of fused-ring (bicyclic) bond motifs is 2. The summed E-state index contributed by atoms with van der Waals surface area (Å²) in [6, 6.07) is 15.2. The average Bonchev–Trinajstić information content (AvgIpc) is 3.64. The van der Waals surface area contributed by atoms with Crippen LogP contribution in [0.5, 0.6) is 5.88 Å². The molecule has 0 saturated carbocycles. The molecule has 4 aromatic heterocycles. The molecule has 0 bridgehead atoms. The van der Waals surface area contributed by atoms with Crippen molar-refractivity contribution >= 4 is 22.5 Å². The quantitative estimate of drug-likeness (QED) is 0.388. The highest BCUT2D eigenvalue weighted by atomic mass is 16.5. The van der Waals surface area contributed by atoms with Crippen molar-refractivity contribution in [2.24, 2.45) is 0 Å². The zero-order valence-electron chi connectivity index (χ0n) is 17.8. The third-order valence-corrected chi connectivity index (χ3v) is 6.01. The highest BCUT2D eigenvalue weighted by Crippen LogP contribution is 2.28. The molecule has 33 heavy (non-hydrogen) atoms. The van der Waals surface area contributed by atoms with Crippen LogP contribution in [0, 0.1) is 0 Å². The van der Waals surface area contributed by atoms with Crippen molar-refractivity contribution in [2.75, 3.05) is 13.2 Å². The van der Waals surface area contributed by atoms with Crippen LogP contribution in [0.4, 0.5) is 0 Å². The van der Waals surface area contributed by atoms with Gasteiger partial charge in [0.2, 0.25) is 5.88 Å². The lowest BCUT2D eigenvalue weighted by molar-refractivity contribution is 0.0708. The molecule has 1 aromatic carbocycles. The number of carbonyl (C=O) groups excluding carboxylic acids is 1. The van der Waals surface area contributed by atoms with Gasteiger partial charge in [0.1, 0.15) is 17.5 Å². The van der Waals surface area contributed by atoms with Crippen LogP contribution in [-0.4, -0.2) is 49.8 Å². The first kappa shape index (κ1) is 19.5. The first-order valence-electron chi connectivity index (χ1n) is 10.9. The zero-order valence-corrected chi connectivity index (χ0v) is 17.8. The Balaban J connectivity index is 1.16. The van der Waals surface area contributed by atoms with E-state index in [2.05, 4.69) is 15.2 Å². The normalized spacial score (nSPS) is 16.1. The van der Waals surface area contributed by atoms with Crippen LogP contribution in [-0.2, 0) is 0 Å². The van der Waals surface area contributed by atoms with Crippen molar-refractivity contribution < 1.29 is 18.5 Å². The molecule has 5 heterocycles. The second kappa shape index (κ2) is 8.09. The maximum atomic E-state index is 12.6. The average molecular weight is 443 g/mol. The van der Waals surface area contributed by atoms with Crippen LogP contribution < -0.4 is 4.74 Å². The van der Waals surface area contributed by atoms with E-state index in [1.807, 2.05) is 41.3 Å². The Hall–Kier alpha value is -4.14. The van der Waals surface area contributed by atoms with Crippen LogP contribution in [0.2, 0.25) is 0 Å². The van der Waals surface area contributed by atoms with E-state index in [0.717, 1.165) is 36.0 Å². The van der Waals surface area contributed by atoms with Crippen LogP contribution >= 0.6 is 0 Å². The van der Waals surface area contributed by atoms with E-state index in [0.29, 0.717) is 36.0 Å². The van der Waals surface area contributed by atoms with Gasteiger partial charge in [-0.15, -0.1) is 5.10 Å². The minimum atomic E-state index is -0.0975.